The Labute approximate surface area is 149 Å². The van der Waals surface area contributed by atoms with Gasteiger partial charge in [-0.2, -0.15) is 0 Å². The Morgan fingerprint density at radius 3 is 2.36 bits per heavy atom. The number of halogens is 5. The van der Waals surface area contributed by atoms with Crippen molar-refractivity contribution in [3.8, 4) is 5.75 Å². The second-order valence-electron chi connectivity index (χ2n) is 5.48. The SMILES string of the molecule is Cl.Cl.Oc1c(Br)cc(F)c(F)c1[C@@H](C1CC1)N1CCNCC1. The number of benzene rings is 1. The Hall–Kier alpha value is -0.140. The quantitative estimate of drug-likeness (QED) is 0.734. The summed E-state index contributed by atoms with van der Waals surface area (Å²) in [6.07, 6.45) is 2.00. The Bertz CT molecular complexity index is 500. The van der Waals surface area contributed by atoms with Crippen LogP contribution < -0.4 is 5.32 Å². The molecule has 1 atom stereocenters. The first kappa shape index (κ1) is 19.9. The van der Waals surface area contributed by atoms with E-state index in [1.165, 1.54) is 0 Å². The van der Waals surface area contributed by atoms with Gasteiger partial charge in [0.05, 0.1) is 10.0 Å². The largest absolute Gasteiger partial charge is 0.506 e. The summed E-state index contributed by atoms with van der Waals surface area (Å²) in [5.41, 5.74) is 0.112. The molecule has 0 bridgehead atoms. The van der Waals surface area contributed by atoms with Crippen molar-refractivity contribution in [1.29, 1.82) is 0 Å². The fraction of sp³-hybridized carbons (Fsp3) is 0.571. The minimum Gasteiger partial charge on any atom is -0.506 e. The highest BCUT2D eigenvalue weighted by Crippen LogP contribution is 2.49. The molecule has 3 nitrogen and oxygen atoms in total. The molecule has 1 aromatic rings. The van der Waals surface area contributed by atoms with Crippen LogP contribution in [0, 0.1) is 17.6 Å². The lowest BCUT2D eigenvalue weighted by Crippen LogP contribution is -2.46. The molecule has 1 saturated carbocycles. The lowest BCUT2D eigenvalue weighted by Gasteiger charge is -2.36. The van der Waals surface area contributed by atoms with Gasteiger partial charge in [0.2, 0.25) is 0 Å². The number of piperazine rings is 1. The van der Waals surface area contributed by atoms with Crippen LogP contribution in [0.5, 0.6) is 5.75 Å². The van der Waals surface area contributed by atoms with Crippen molar-refractivity contribution in [3.63, 3.8) is 0 Å². The predicted molar refractivity (Wildman–Crippen MR) is 90.1 cm³/mol. The number of rotatable bonds is 3. The molecule has 126 valence electrons. The molecule has 3 rings (SSSR count). The maximum absolute atomic E-state index is 14.2. The van der Waals surface area contributed by atoms with Crippen molar-refractivity contribution in [2.24, 2.45) is 5.92 Å². The maximum atomic E-state index is 14.2. The van der Waals surface area contributed by atoms with Gasteiger partial charge in [0.1, 0.15) is 5.75 Å². The molecule has 2 fully saturated rings. The van der Waals surface area contributed by atoms with E-state index < -0.39 is 11.6 Å². The number of hydrogen-bond acceptors (Lipinski definition) is 3. The summed E-state index contributed by atoms with van der Waals surface area (Å²) in [6.45, 7) is 3.24. The molecule has 0 radical (unpaired) electrons. The Balaban J connectivity index is 0.00000121. The molecule has 22 heavy (non-hydrogen) atoms. The number of aromatic hydroxyl groups is 1. The highest BCUT2D eigenvalue weighted by molar-refractivity contribution is 9.10. The minimum absolute atomic E-state index is 0. The maximum Gasteiger partial charge on any atom is 0.167 e. The van der Waals surface area contributed by atoms with Gasteiger partial charge < -0.3 is 10.4 Å². The topological polar surface area (TPSA) is 35.5 Å². The molecule has 1 saturated heterocycles. The smallest absolute Gasteiger partial charge is 0.167 e. The first-order valence-electron chi connectivity index (χ1n) is 6.90. The minimum atomic E-state index is -0.916. The van der Waals surface area contributed by atoms with Gasteiger partial charge in [-0.3, -0.25) is 4.90 Å². The molecule has 0 unspecified atom stereocenters. The molecule has 1 aliphatic heterocycles. The van der Waals surface area contributed by atoms with E-state index in [0.717, 1.165) is 45.1 Å². The van der Waals surface area contributed by atoms with Crippen LogP contribution in [0.1, 0.15) is 24.4 Å². The summed E-state index contributed by atoms with van der Waals surface area (Å²) in [5, 5.41) is 13.4. The summed E-state index contributed by atoms with van der Waals surface area (Å²) in [7, 11) is 0. The Morgan fingerprint density at radius 2 is 1.82 bits per heavy atom. The van der Waals surface area contributed by atoms with E-state index >= 15 is 0 Å². The van der Waals surface area contributed by atoms with Crippen LogP contribution in [0.2, 0.25) is 0 Å². The first-order valence-corrected chi connectivity index (χ1v) is 7.70. The first-order chi connectivity index (χ1) is 9.59. The van der Waals surface area contributed by atoms with Gasteiger partial charge in [-0.15, -0.1) is 24.8 Å². The average molecular weight is 420 g/mol. The third kappa shape index (κ3) is 3.85. The normalized spacial score (nSPS) is 20.0. The van der Waals surface area contributed by atoms with Gasteiger partial charge >= 0.3 is 0 Å². The van der Waals surface area contributed by atoms with Crippen molar-refractivity contribution >= 4 is 40.7 Å². The van der Waals surface area contributed by atoms with Gasteiger partial charge in [-0.05, 0) is 40.8 Å². The lowest BCUT2D eigenvalue weighted by atomic mass is 9.98. The molecule has 0 amide bonds. The highest BCUT2D eigenvalue weighted by Gasteiger charge is 2.40. The van der Waals surface area contributed by atoms with E-state index in [2.05, 4.69) is 26.1 Å². The van der Waals surface area contributed by atoms with Gasteiger partial charge in [-0.25, -0.2) is 8.78 Å². The molecule has 1 heterocycles. The van der Waals surface area contributed by atoms with Crippen LogP contribution in [-0.4, -0.2) is 36.2 Å². The van der Waals surface area contributed by atoms with Gasteiger partial charge in [0.15, 0.2) is 11.6 Å². The van der Waals surface area contributed by atoms with E-state index in [0.29, 0.717) is 5.92 Å². The summed E-state index contributed by atoms with van der Waals surface area (Å²) in [5.74, 6) is -1.69. The van der Waals surface area contributed by atoms with E-state index in [1.807, 2.05) is 0 Å². The molecular weight excluding hydrogens is 401 g/mol. The zero-order valence-electron chi connectivity index (χ0n) is 11.8. The molecule has 1 aliphatic carbocycles. The molecule has 2 N–H and O–H groups in total. The van der Waals surface area contributed by atoms with Crippen molar-refractivity contribution in [1.82, 2.24) is 10.2 Å². The summed E-state index contributed by atoms with van der Waals surface area (Å²) < 4.78 is 28.1. The molecule has 2 aliphatic rings. The molecule has 1 aromatic carbocycles. The van der Waals surface area contributed by atoms with Gasteiger partial charge in [0.25, 0.3) is 0 Å². The second kappa shape index (κ2) is 8.11. The second-order valence-corrected chi connectivity index (χ2v) is 6.34. The summed E-state index contributed by atoms with van der Waals surface area (Å²) in [6, 6.07) is 0.750. The number of nitrogens with zero attached hydrogens (tertiary/aromatic N) is 1. The molecular formula is C14H19BrCl2F2N2O. The monoisotopic (exact) mass is 418 g/mol. The third-order valence-corrected chi connectivity index (χ3v) is 4.69. The molecule has 0 aromatic heterocycles. The zero-order valence-corrected chi connectivity index (χ0v) is 15.0. The predicted octanol–water partition coefficient (Wildman–Crippen LogP) is 3.63. The molecule has 8 heteroatoms. The zero-order chi connectivity index (χ0) is 14.3. The van der Waals surface area contributed by atoms with E-state index in [1.54, 1.807) is 0 Å². The third-order valence-electron chi connectivity index (χ3n) is 4.09. The van der Waals surface area contributed by atoms with E-state index in [-0.39, 0.29) is 46.6 Å². The van der Waals surface area contributed by atoms with E-state index in [4.69, 9.17) is 0 Å². The number of phenols is 1. The van der Waals surface area contributed by atoms with Crippen LogP contribution in [0.15, 0.2) is 10.5 Å². The number of phenolic OH excluding ortho intramolecular Hbond substituents is 1. The average Bonchev–Trinajstić information content (AvgIpc) is 3.27. The van der Waals surface area contributed by atoms with Crippen molar-refractivity contribution in [2.45, 2.75) is 18.9 Å². The van der Waals surface area contributed by atoms with Crippen molar-refractivity contribution < 1.29 is 13.9 Å². The summed E-state index contributed by atoms with van der Waals surface area (Å²) >= 11 is 3.11. The van der Waals surface area contributed by atoms with Gasteiger partial charge in [0, 0.05) is 32.2 Å². The fourth-order valence-corrected chi connectivity index (χ4v) is 3.38. The number of nitrogens with one attached hydrogen (secondary N) is 1. The van der Waals surface area contributed by atoms with Crippen LogP contribution in [0.3, 0.4) is 0 Å². The lowest BCUT2D eigenvalue weighted by molar-refractivity contribution is 0.149. The molecule has 0 spiro atoms. The van der Waals surface area contributed by atoms with E-state index in [9.17, 15) is 13.9 Å². The highest BCUT2D eigenvalue weighted by atomic mass is 79.9. The summed E-state index contributed by atoms with van der Waals surface area (Å²) in [4.78, 5) is 2.15. The standard InChI is InChI=1S/C14H17BrF2N2O.2ClH/c15-9-7-10(16)12(17)11(14(9)20)13(8-1-2-8)19-5-3-18-4-6-19;;/h7-8,13,18,20H,1-6H2;2*1H/t13-;;/m1../s1. The van der Waals surface area contributed by atoms with Crippen molar-refractivity contribution in [3.05, 3.63) is 27.7 Å². The Morgan fingerprint density at radius 1 is 1.23 bits per heavy atom. The van der Waals surface area contributed by atoms with Crippen LogP contribution in [0.4, 0.5) is 8.78 Å². The fourth-order valence-electron chi connectivity index (χ4n) is 2.96. The van der Waals surface area contributed by atoms with Crippen LogP contribution in [-0.2, 0) is 0 Å². The van der Waals surface area contributed by atoms with Gasteiger partial charge in [-0.1, -0.05) is 0 Å². The van der Waals surface area contributed by atoms with Crippen molar-refractivity contribution in [2.75, 3.05) is 26.2 Å². The van der Waals surface area contributed by atoms with Crippen LogP contribution >= 0.6 is 40.7 Å². The number of hydrogen-bond donors (Lipinski definition) is 2. The van der Waals surface area contributed by atoms with Crippen LogP contribution in [0.25, 0.3) is 0 Å². The Kier molecular flexibility index (Phi) is 7.33.